The van der Waals surface area contributed by atoms with Crippen molar-refractivity contribution in [2.45, 2.75) is 26.3 Å². The third-order valence-corrected chi connectivity index (χ3v) is 3.75. The molecule has 6 heteroatoms. The molecule has 0 spiro atoms. The lowest BCUT2D eigenvalue weighted by Crippen LogP contribution is -2.65. The average molecular weight is 305 g/mol. The molecule has 0 unspecified atom stereocenters. The number of anilines is 1. The summed E-state index contributed by atoms with van der Waals surface area (Å²) in [5, 5.41) is 0. The van der Waals surface area contributed by atoms with Gasteiger partial charge in [-0.3, -0.25) is 14.7 Å². The number of amides is 2. The van der Waals surface area contributed by atoms with E-state index < -0.39 is 11.5 Å². The number of carbonyl (C=O) groups excluding carboxylic acids is 2. The summed E-state index contributed by atoms with van der Waals surface area (Å²) in [6.45, 7) is 6.35. The first kappa shape index (κ1) is 16.3. The average Bonchev–Trinajstić information content (AvgIpc) is 2.50. The molecule has 1 aliphatic heterocycles. The second-order valence-electron chi connectivity index (χ2n) is 5.89. The molecule has 1 heterocycles. The van der Waals surface area contributed by atoms with Gasteiger partial charge in [-0.1, -0.05) is 18.2 Å². The topological polar surface area (TPSA) is 53.1 Å². The molecule has 1 saturated heterocycles. The lowest BCUT2D eigenvalue weighted by molar-refractivity contribution is -0.155. The van der Waals surface area contributed by atoms with E-state index >= 15 is 0 Å². The number of esters is 1. The van der Waals surface area contributed by atoms with E-state index in [1.165, 1.54) is 0 Å². The van der Waals surface area contributed by atoms with Gasteiger partial charge in [-0.25, -0.2) is 9.59 Å². The second-order valence-corrected chi connectivity index (χ2v) is 5.89. The zero-order valence-corrected chi connectivity index (χ0v) is 13.6. The first-order valence-corrected chi connectivity index (χ1v) is 7.38. The molecule has 2 amide bonds. The van der Waals surface area contributed by atoms with Crippen LogP contribution in [0.5, 0.6) is 0 Å². The van der Waals surface area contributed by atoms with Gasteiger partial charge in [0.25, 0.3) is 0 Å². The Bertz CT molecular complexity index is 545. The number of urea groups is 1. The van der Waals surface area contributed by atoms with Crippen LogP contribution in [-0.4, -0.2) is 54.3 Å². The third kappa shape index (κ3) is 3.06. The summed E-state index contributed by atoms with van der Waals surface area (Å²) in [5.74, 6) is -0.397. The molecule has 0 aliphatic carbocycles. The number of ether oxygens (including phenoxy) is 1. The zero-order chi connectivity index (χ0) is 16.3. The maximum Gasteiger partial charge on any atom is 0.331 e. The maximum absolute atomic E-state index is 12.8. The van der Waals surface area contributed by atoms with E-state index in [2.05, 4.69) is 0 Å². The molecular formula is C16H23N3O3. The van der Waals surface area contributed by atoms with E-state index in [1.807, 2.05) is 42.3 Å². The minimum absolute atomic E-state index is 0.192. The molecule has 0 atom stereocenters. The van der Waals surface area contributed by atoms with Gasteiger partial charge in [0, 0.05) is 5.69 Å². The highest BCUT2D eigenvalue weighted by Crippen LogP contribution is 2.26. The highest BCUT2D eigenvalue weighted by molar-refractivity contribution is 5.96. The molecular weight excluding hydrogens is 282 g/mol. The smallest absolute Gasteiger partial charge is 0.331 e. The number of rotatable bonds is 4. The quantitative estimate of drug-likeness (QED) is 0.800. The number of para-hydroxylation sites is 1. The van der Waals surface area contributed by atoms with Crippen LogP contribution in [-0.2, 0) is 9.53 Å². The van der Waals surface area contributed by atoms with Crippen molar-refractivity contribution < 1.29 is 14.3 Å². The van der Waals surface area contributed by atoms with Crippen molar-refractivity contribution in [3.8, 4) is 0 Å². The van der Waals surface area contributed by atoms with Gasteiger partial charge >= 0.3 is 12.0 Å². The van der Waals surface area contributed by atoms with Crippen LogP contribution in [0.3, 0.4) is 0 Å². The molecule has 2 rings (SSSR count). The van der Waals surface area contributed by atoms with E-state index in [1.54, 1.807) is 30.6 Å². The van der Waals surface area contributed by atoms with Crippen molar-refractivity contribution in [1.29, 1.82) is 0 Å². The summed E-state index contributed by atoms with van der Waals surface area (Å²) in [7, 11) is 1.91. The fourth-order valence-corrected chi connectivity index (χ4v) is 2.43. The molecule has 1 aliphatic rings. The predicted octanol–water partition coefficient (Wildman–Crippen LogP) is 2.12. The number of carbonyl (C=O) groups is 2. The van der Waals surface area contributed by atoms with Crippen LogP contribution in [0.1, 0.15) is 20.8 Å². The van der Waals surface area contributed by atoms with Gasteiger partial charge in [-0.15, -0.1) is 0 Å². The molecule has 6 nitrogen and oxygen atoms in total. The summed E-state index contributed by atoms with van der Waals surface area (Å²) in [6, 6.07) is 9.25. The molecule has 0 saturated carbocycles. The number of hydrogen-bond donors (Lipinski definition) is 0. The van der Waals surface area contributed by atoms with Gasteiger partial charge in [-0.05, 0) is 40.0 Å². The van der Waals surface area contributed by atoms with Gasteiger partial charge in [0.05, 0.1) is 19.9 Å². The summed E-state index contributed by atoms with van der Waals surface area (Å²) in [5.41, 5.74) is -0.210. The normalized spacial score (nSPS) is 16.8. The largest absolute Gasteiger partial charge is 0.464 e. The maximum atomic E-state index is 12.8. The Labute approximate surface area is 131 Å². The number of hydrogen-bond acceptors (Lipinski definition) is 4. The summed E-state index contributed by atoms with van der Waals surface area (Å²) < 4.78 is 5.11. The van der Waals surface area contributed by atoms with Crippen molar-refractivity contribution in [3.05, 3.63) is 30.3 Å². The second kappa shape index (κ2) is 6.36. The summed E-state index contributed by atoms with van der Waals surface area (Å²) in [4.78, 5) is 30.2. The Morgan fingerprint density at radius 2 is 1.86 bits per heavy atom. The Balaban J connectivity index is 2.29. The number of benzene rings is 1. The van der Waals surface area contributed by atoms with Crippen LogP contribution in [0.15, 0.2) is 30.3 Å². The number of nitrogens with zero attached hydrogens (tertiary/aromatic N) is 3. The Kier molecular flexibility index (Phi) is 4.71. The lowest BCUT2D eigenvalue weighted by atomic mass is 10.0. The molecule has 0 N–H and O–H groups in total. The first-order chi connectivity index (χ1) is 10.4. The van der Waals surface area contributed by atoms with Crippen LogP contribution >= 0.6 is 0 Å². The Morgan fingerprint density at radius 1 is 1.23 bits per heavy atom. The van der Waals surface area contributed by atoms with E-state index in [0.717, 1.165) is 5.69 Å². The molecule has 1 aromatic rings. The van der Waals surface area contributed by atoms with Gasteiger partial charge < -0.3 is 4.74 Å². The van der Waals surface area contributed by atoms with Crippen LogP contribution < -0.4 is 4.90 Å². The van der Waals surface area contributed by atoms with Crippen molar-refractivity contribution in [2.24, 2.45) is 0 Å². The fourth-order valence-electron chi connectivity index (χ4n) is 2.43. The van der Waals surface area contributed by atoms with E-state index in [0.29, 0.717) is 19.9 Å². The molecule has 0 aromatic heterocycles. The summed E-state index contributed by atoms with van der Waals surface area (Å²) in [6.07, 6.45) is 0. The Hall–Kier alpha value is -2.08. The molecule has 120 valence electrons. The van der Waals surface area contributed by atoms with E-state index in [9.17, 15) is 9.59 Å². The van der Waals surface area contributed by atoms with Crippen molar-refractivity contribution in [3.63, 3.8) is 0 Å². The van der Waals surface area contributed by atoms with E-state index in [-0.39, 0.29) is 6.03 Å². The van der Waals surface area contributed by atoms with Crippen LogP contribution in [0, 0.1) is 0 Å². The van der Waals surface area contributed by atoms with Gasteiger partial charge in [-0.2, -0.15) is 0 Å². The van der Waals surface area contributed by atoms with Gasteiger partial charge in [0.15, 0.2) is 0 Å². The van der Waals surface area contributed by atoms with Crippen molar-refractivity contribution >= 4 is 17.7 Å². The molecule has 0 radical (unpaired) electrons. The zero-order valence-electron chi connectivity index (χ0n) is 13.6. The summed E-state index contributed by atoms with van der Waals surface area (Å²) >= 11 is 0. The van der Waals surface area contributed by atoms with Gasteiger partial charge in [0.2, 0.25) is 0 Å². The fraction of sp³-hybridized carbons (Fsp3) is 0.500. The molecule has 22 heavy (non-hydrogen) atoms. The highest BCUT2D eigenvalue weighted by Gasteiger charge is 2.44. The SMILES string of the molecule is CCOC(=O)C(C)(C)N1CN(C)CN(c2ccccc2)C1=O. The highest BCUT2D eigenvalue weighted by atomic mass is 16.5. The molecule has 0 bridgehead atoms. The van der Waals surface area contributed by atoms with Crippen molar-refractivity contribution in [1.82, 2.24) is 9.80 Å². The molecule has 1 fully saturated rings. The third-order valence-electron chi connectivity index (χ3n) is 3.75. The van der Waals surface area contributed by atoms with E-state index in [4.69, 9.17) is 4.74 Å². The molecule has 1 aromatic carbocycles. The van der Waals surface area contributed by atoms with Crippen molar-refractivity contribution in [2.75, 3.05) is 31.9 Å². The minimum Gasteiger partial charge on any atom is -0.464 e. The Morgan fingerprint density at radius 3 is 2.45 bits per heavy atom. The predicted molar refractivity (Wildman–Crippen MR) is 84.4 cm³/mol. The van der Waals surface area contributed by atoms with Crippen LogP contribution in [0.2, 0.25) is 0 Å². The van der Waals surface area contributed by atoms with Crippen LogP contribution in [0.4, 0.5) is 10.5 Å². The monoisotopic (exact) mass is 305 g/mol. The lowest BCUT2D eigenvalue weighted by Gasteiger charge is -2.46. The van der Waals surface area contributed by atoms with Crippen LogP contribution in [0.25, 0.3) is 0 Å². The minimum atomic E-state index is -1.02. The standard InChI is InChI=1S/C16H23N3O3/c1-5-22-14(20)16(2,3)19-12-17(4)11-18(15(19)21)13-9-7-6-8-10-13/h6-10H,5,11-12H2,1-4H3. The van der Waals surface area contributed by atoms with Gasteiger partial charge in [0.1, 0.15) is 5.54 Å². The first-order valence-electron chi connectivity index (χ1n) is 7.38.